The smallest absolute Gasteiger partial charge is 0.332 e. The van der Waals surface area contributed by atoms with Crippen molar-refractivity contribution in [3.8, 4) is 0 Å². The number of carboxylic acids is 1. The maximum atomic E-state index is 12.2. The van der Waals surface area contributed by atoms with Gasteiger partial charge in [0.1, 0.15) is 6.10 Å². The van der Waals surface area contributed by atoms with Gasteiger partial charge in [-0.25, -0.2) is 4.79 Å². The highest BCUT2D eigenvalue weighted by Crippen LogP contribution is 2.40. The Kier molecular flexibility index (Phi) is 5.48. The van der Waals surface area contributed by atoms with Gasteiger partial charge in [-0.3, -0.25) is 4.79 Å². The molecule has 2 rings (SSSR count). The third-order valence-electron chi connectivity index (χ3n) is 5.68. The summed E-state index contributed by atoms with van der Waals surface area (Å²) >= 11 is 0. The molecule has 0 unspecified atom stereocenters. The fourth-order valence-electron chi connectivity index (χ4n) is 3.61. The molecule has 1 saturated carbocycles. The van der Waals surface area contributed by atoms with Gasteiger partial charge in [-0.1, -0.05) is 27.2 Å². The van der Waals surface area contributed by atoms with E-state index in [1.165, 1.54) is 6.42 Å². The van der Waals surface area contributed by atoms with Crippen molar-refractivity contribution in [3.63, 3.8) is 0 Å². The van der Waals surface area contributed by atoms with Crippen LogP contribution >= 0.6 is 0 Å². The Morgan fingerprint density at radius 3 is 2.18 bits per heavy atom. The van der Waals surface area contributed by atoms with E-state index in [1.54, 1.807) is 0 Å². The first-order chi connectivity index (χ1) is 10.3. The summed E-state index contributed by atoms with van der Waals surface area (Å²) in [6.07, 6.45) is 5.00. The fraction of sp³-hybridized carbons (Fsp3) is 0.882. The van der Waals surface area contributed by atoms with E-state index in [0.717, 1.165) is 31.6 Å². The number of carbonyl (C=O) groups is 2. The van der Waals surface area contributed by atoms with E-state index in [-0.39, 0.29) is 11.9 Å². The molecule has 0 radical (unpaired) electrons. The summed E-state index contributed by atoms with van der Waals surface area (Å²) in [5.74, 6) is -0.385. The van der Waals surface area contributed by atoms with Gasteiger partial charge in [0.05, 0.1) is 0 Å². The number of amides is 1. The van der Waals surface area contributed by atoms with Crippen LogP contribution in [0, 0.1) is 11.3 Å². The Hall–Kier alpha value is -1.10. The van der Waals surface area contributed by atoms with Crippen LogP contribution in [0.15, 0.2) is 0 Å². The summed E-state index contributed by atoms with van der Waals surface area (Å²) in [5, 5.41) is 12.0. The van der Waals surface area contributed by atoms with E-state index < -0.39 is 18.2 Å². The number of hydrogen-bond acceptors (Lipinski definition) is 3. The maximum absolute atomic E-state index is 12.2. The second-order valence-electron chi connectivity index (χ2n) is 7.43. The van der Waals surface area contributed by atoms with Gasteiger partial charge < -0.3 is 15.2 Å². The zero-order valence-corrected chi connectivity index (χ0v) is 13.9. The Labute approximate surface area is 132 Å². The molecular weight excluding hydrogens is 282 g/mol. The minimum absolute atomic E-state index is 0.137. The normalized spacial score (nSPS) is 32.7. The van der Waals surface area contributed by atoms with E-state index in [1.807, 2.05) is 0 Å². The summed E-state index contributed by atoms with van der Waals surface area (Å²) in [6, 6.07) is 0.212. The van der Waals surface area contributed by atoms with Gasteiger partial charge in [0.25, 0.3) is 0 Å². The van der Waals surface area contributed by atoms with Crippen molar-refractivity contribution in [2.45, 2.75) is 84.0 Å². The lowest BCUT2D eigenvalue weighted by Gasteiger charge is -2.39. The van der Waals surface area contributed by atoms with Gasteiger partial charge in [-0.05, 0) is 49.9 Å². The fourth-order valence-corrected chi connectivity index (χ4v) is 3.61. The van der Waals surface area contributed by atoms with E-state index in [0.29, 0.717) is 18.3 Å². The zero-order chi connectivity index (χ0) is 16.3. The van der Waals surface area contributed by atoms with Crippen LogP contribution in [0.5, 0.6) is 0 Å². The molecular formula is C17H29NO4. The molecule has 2 aliphatic rings. The summed E-state index contributed by atoms with van der Waals surface area (Å²) in [7, 11) is 0. The van der Waals surface area contributed by atoms with Crippen molar-refractivity contribution < 1.29 is 19.4 Å². The number of aliphatic carboxylic acids is 1. The Balaban J connectivity index is 1.77. The summed E-state index contributed by atoms with van der Waals surface area (Å²) < 4.78 is 5.31. The molecule has 0 spiro atoms. The van der Waals surface area contributed by atoms with Gasteiger partial charge in [-0.2, -0.15) is 0 Å². The van der Waals surface area contributed by atoms with Gasteiger partial charge in [0.2, 0.25) is 5.91 Å². The quantitative estimate of drug-likeness (QED) is 0.818. The molecule has 1 saturated heterocycles. The number of carbonyl (C=O) groups excluding carboxylic acids is 1. The largest absolute Gasteiger partial charge is 0.479 e. The lowest BCUT2D eigenvalue weighted by atomic mass is 9.69. The lowest BCUT2D eigenvalue weighted by molar-refractivity contribution is -0.152. The average molecular weight is 311 g/mol. The van der Waals surface area contributed by atoms with Crippen molar-refractivity contribution in [1.82, 2.24) is 5.32 Å². The van der Waals surface area contributed by atoms with Crippen LogP contribution in [0.25, 0.3) is 0 Å². The van der Waals surface area contributed by atoms with Crippen LogP contribution in [0.2, 0.25) is 0 Å². The molecule has 126 valence electrons. The van der Waals surface area contributed by atoms with Crippen molar-refractivity contribution in [2.24, 2.45) is 11.3 Å². The van der Waals surface area contributed by atoms with Crippen LogP contribution in [0.3, 0.4) is 0 Å². The first-order valence-electron chi connectivity index (χ1n) is 8.52. The molecule has 1 aliphatic heterocycles. The monoisotopic (exact) mass is 311 g/mol. The molecule has 22 heavy (non-hydrogen) atoms. The lowest BCUT2D eigenvalue weighted by Crippen LogP contribution is -2.44. The van der Waals surface area contributed by atoms with E-state index in [9.17, 15) is 9.59 Å². The van der Waals surface area contributed by atoms with Crippen LogP contribution in [0.4, 0.5) is 0 Å². The first kappa shape index (κ1) is 17.3. The van der Waals surface area contributed by atoms with Crippen molar-refractivity contribution in [1.29, 1.82) is 0 Å². The maximum Gasteiger partial charge on any atom is 0.332 e. The predicted octanol–water partition coefficient (Wildman–Crippen LogP) is 2.73. The molecule has 2 atom stereocenters. The number of rotatable bonds is 5. The number of hydrogen-bond donors (Lipinski definition) is 2. The molecule has 5 heteroatoms. The minimum Gasteiger partial charge on any atom is -0.479 e. The second-order valence-corrected chi connectivity index (χ2v) is 7.43. The topological polar surface area (TPSA) is 75.6 Å². The predicted molar refractivity (Wildman–Crippen MR) is 83.5 cm³/mol. The van der Waals surface area contributed by atoms with Crippen molar-refractivity contribution >= 4 is 11.9 Å². The number of ether oxygens (including phenoxy) is 1. The summed E-state index contributed by atoms with van der Waals surface area (Å²) in [5.41, 5.74) is 0.373. The number of nitrogens with one attached hydrogen (secondary N) is 1. The first-order valence-corrected chi connectivity index (χ1v) is 8.52. The molecule has 0 bridgehead atoms. The van der Waals surface area contributed by atoms with Crippen molar-refractivity contribution in [2.75, 3.05) is 0 Å². The Morgan fingerprint density at radius 2 is 1.68 bits per heavy atom. The molecule has 0 aromatic heterocycles. The molecule has 1 amide bonds. The third-order valence-corrected chi connectivity index (χ3v) is 5.68. The van der Waals surface area contributed by atoms with E-state index in [4.69, 9.17) is 9.84 Å². The highest BCUT2D eigenvalue weighted by Gasteiger charge is 2.37. The molecule has 1 aliphatic carbocycles. The zero-order valence-electron chi connectivity index (χ0n) is 13.9. The third kappa shape index (κ3) is 4.00. The van der Waals surface area contributed by atoms with Gasteiger partial charge in [0.15, 0.2) is 6.10 Å². The second kappa shape index (κ2) is 6.99. The standard InChI is InChI=1S/C17H29NO4/c1-4-17(2,3)11-5-7-12(8-6-11)18-15(19)13-9-10-14(22-13)16(20)21/h11-14H,4-10H2,1-3H3,(H,18,19)(H,20,21)/t11?,12?,13-,14+/m0/s1. The van der Waals surface area contributed by atoms with Crippen LogP contribution in [-0.2, 0) is 14.3 Å². The van der Waals surface area contributed by atoms with Crippen LogP contribution in [0.1, 0.15) is 65.7 Å². The summed E-state index contributed by atoms with van der Waals surface area (Å²) in [4.78, 5) is 23.0. The molecule has 0 aromatic rings. The van der Waals surface area contributed by atoms with E-state index in [2.05, 4.69) is 26.1 Å². The van der Waals surface area contributed by atoms with Gasteiger partial charge in [-0.15, -0.1) is 0 Å². The SMILES string of the molecule is CCC(C)(C)C1CCC(NC(=O)[C@@H]2CC[C@H](C(=O)O)O2)CC1. The molecule has 5 nitrogen and oxygen atoms in total. The van der Waals surface area contributed by atoms with Gasteiger partial charge in [0, 0.05) is 6.04 Å². The van der Waals surface area contributed by atoms with Crippen LogP contribution < -0.4 is 5.32 Å². The Morgan fingerprint density at radius 1 is 1.09 bits per heavy atom. The molecule has 0 aromatic carbocycles. The molecule has 1 heterocycles. The highest BCUT2D eigenvalue weighted by molar-refractivity contribution is 5.82. The highest BCUT2D eigenvalue weighted by atomic mass is 16.5. The van der Waals surface area contributed by atoms with Crippen molar-refractivity contribution in [3.05, 3.63) is 0 Å². The van der Waals surface area contributed by atoms with E-state index >= 15 is 0 Å². The Bertz CT molecular complexity index is 413. The molecule has 2 fully saturated rings. The summed E-state index contributed by atoms with van der Waals surface area (Å²) in [6.45, 7) is 6.90. The number of carboxylic acid groups (broad SMARTS) is 1. The van der Waals surface area contributed by atoms with Crippen LogP contribution in [-0.4, -0.2) is 35.2 Å². The average Bonchev–Trinajstić information content (AvgIpc) is 2.98. The minimum atomic E-state index is -0.974. The van der Waals surface area contributed by atoms with Gasteiger partial charge >= 0.3 is 5.97 Å². The molecule has 2 N–H and O–H groups in total.